The summed E-state index contributed by atoms with van der Waals surface area (Å²) in [4.78, 5) is 31.8. The smallest absolute Gasteiger partial charge is 0.407 e. The van der Waals surface area contributed by atoms with E-state index in [0.29, 0.717) is 68.7 Å². The number of rotatable bonds is 7. The first-order valence-corrected chi connectivity index (χ1v) is 14.0. The Balaban J connectivity index is 1.22. The molecule has 4 heterocycles. The molecule has 0 spiro atoms. The molecule has 2 amide bonds. The largest absolute Gasteiger partial charge is 0.486 e. The fraction of sp³-hybridized carbons (Fsp3) is 0.483. The topological polar surface area (TPSA) is 124 Å². The van der Waals surface area contributed by atoms with E-state index in [9.17, 15) is 14.7 Å². The van der Waals surface area contributed by atoms with Crippen molar-refractivity contribution in [1.82, 2.24) is 19.8 Å². The van der Waals surface area contributed by atoms with Crippen LogP contribution in [0.2, 0.25) is 0 Å². The molecule has 3 aliphatic rings. The molecule has 11 heteroatoms. The van der Waals surface area contributed by atoms with Gasteiger partial charge in [-0.2, -0.15) is 0 Å². The monoisotopic (exact) mass is 550 g/mol. The van der Waals surface area contributed by atoms with Gasteiger partial charge in [0.15, 0.2) is 17.8 Å². The molecule has 212 valence electrons. The normalized spacial score (nSPS) is 22.7. The maximum Gasteiger partial charge on any atom is 0.407 e. The first kappa shape index (κ1) is 26.4. The second-order valence-electron chi connectivity index (χ2n) is 10.3. The van der Waals surface area contributed by atoms with E-state index < -0.39 is 12.1 Å². The first-order chi connectivity index (χ1) is 19.6. The van der Waals surface area contributed by atoms with E-state index in [-0.39, 0.29) is 24.8 Å². The quantitative estimate of drug-likeness (QED) is 0.453. The SMILES string of the molecule is O=C(NC1CCN(C(=O)O)C(c2nc3ccccc3n2CCOC2CCCCO2)C1)c1ccc2c(c1)OCCO2. The molecule has 6 rings (SSSR count). The molecule has 0 aliphatic carbocycles. The third-order valence-electron chi connectivity index (χ3n) is 7.73. The number of amides is 2. The number of nitrogens with one attached hydrogen (secondary N) is 1. The minimum absolute atomic E-state index is 0.211. The summed E-state index contributed by atoms with van der Waals surface area (Å²) in [6.07, 6.45) is 2.69. The van der Waals surface area contributed by atoms with Crippen molar-refractivity contribution in [2.24, 2.45) is 0 Å². The Morgan fingerprint density at radius 2 is 1.90 bits per heavy atom. The second kappa shape index (κ2) is 11.7. The van der Waals surface area contributed by atoms with Crippen LogP contribution in [0.15, 0.2) is 42.5 Å². The molecular formula is C29H34N4O7. The molecule has 3 unspecified atom stereocenters. The Hall–Kier alpha value is -3.83. The minimum Gasteiger partial charge on any atom is -0.486 e. The lowest BCUT2D eigenvalue weighted by atomic mass is 9.96. The van der Waals surface area contributed by atoms with Crippen molar-refractivity contribution in [2.45, 2.75) is 57.0 Å². The van der Waals surface area contributed by atoms with Crippen molar-refractivity contribution in [3.05, 3.63) is 53.9 Å². The van der Waals surface area contributed by atoms with Crippen LogP contribution in [0.3, 0.4) is 0 Å². The minimum atomic E-state index is -1.01. The molecular weight excluding hydrogens is 516 g/mol. The van der Waals surface area contributed by atoms with E-state index in [2.05, 4.69) is 5.32 Å². The lowest BCUT2D eigenvalue weighted by molar-refractivity contribution is -0.163. The fourth-order valence-electron chi connectivity index (χ4n) is 5.73. The highest BCUT2D eigenvalue weighted by atomic mass is 16.7. The molecule has 40 heavy (non-hydrogen) atoms. The Labute approximate surface area is 232 Å². The van der Waals surface area contributed by atoms with Gasteiger partial charge in [-0.15, -0.1) is 0 Å². The van der Waals surface area contributed by atoms with Gasteiger partial charge in [-0.05, 0) is 62.4 Å². The molecule has 3 aromatic rings. The number of aromatic nitrogens is 2. The van der Waals surface area contributed by atoms with Gasteiger partial charge in [-0.1, -0.05) is 12.1 Å². The zero-order valence-corrected chi connectivity index (χ0v) is 22.3. The van der Waals surface area contributed by atoms with Gasteiger partial charge in [0.1, 0.15) is 19.0 Å². The van der Waals surface area contributed by atoms with Gasteiger partial charge in [0.05, 0.1) is 23.7 Å². The summed E-state index contributed by atoms with van der Waals surface area (Å²) >= 11 is 0. The van der Waals surface area contributed by atoms with Crippen LogP contribution in [-0.4, -0.2) is 76.9 Å². The number of nitrogens with zero attached hydrogens (tertiary/aromatic N) is 3. The lowest BCUT2D eigenvalue weighted by Crippen LogP contribution is -2.48. The van der Waals surface area contributed by atoms with Crippen LogP contribution in [0.5, 0.6) is 11.5 Å². The molecule has 2 aromatic carbocycles. The maximum absolute atomic E-state index is 13.2. The summed E-state index contributed by atoms with van der Waals surface area (Å²) in [5.41, 5.74) is 2.17. The Morgan fingerprint density at radius 3 is 2.73 bits per heavy atom. The number of piperidine rings is 1. The standard InChI is InChI=1S/C29H34N4O7/c34-28(19-8-9-24-25(17-19)38-16-15-37-24)30-20-10-11-33(29(35)36)23(18-20)27-31-21-5-1-2-6-22(21)32(27)12-14-40-26-7-3-4-13-39-26/h1-2,5-6,8-9,17,20,23,26H,3-4,7,10-16,18H2,(H,30,34)(H,35,36). The van der Waals surface area contributed by atoms with Crippen molar-refractivity contribution in [3.8, 4) is 11.5 Å². The summed E-state index contributed by atoms with van der Waals surface area (Å²) in [6.45, 7) is 2.83. The number of carbonyl (C=O) groups excluding carboxylic acids is 1. The van der Waals surface area contributed by atoms with Crippen molar-refractivity contribution >= 4 is 23.0 Å². The molecule has 3 atom stereocenters. The average Bonchev–Trinajstić information content (AvgIpc) is 3.35. The fourth-order valence-corrected chi connectivity index (χ4v) is 5.73. The van der Waals surface area contributed by atoms with Gasteiger partial charge < -0.3 is 33.9 Å². The highest BCUT2D eigenvalue weighted by molar-refractivity contribution is 5.95. The molecule has 1 aromatic heterocycles. The zero-order valence-electron chi connectivity index (χ0n) is 22.3. The maximum atomic E-state index is 13.2. The van der Waals surface area contributed by atoms with Gasteiger partial charge in [0.25, 0.3) is 5.91 Å². The van der Waals surface area contributed by atoms with Crippen molar-refractivity contribution < 1.29 is 33.6 Å². The molecule has 2 N–H and O–H groups in total. The van der Waals surface area contributed by atoms with E-state index in [0.717, 1.165) is 30.3 Å². The number of carboxylic acid groups (broad SMARTS) is 1. The molecule has 3 aliphatic heterocycles. The molecule has 11 nitrogen and oxygen atoms in total. The Kier molecular flexibility index (Phi) is 7.74. The predicted octanol–water partition coefficient (Wildman–Crippen LogP) is 3.96. The lowest BCUT2D eigenvalue weighted by Gasteiger charge is -2.38. The van der Waals surface area contributed by atoms with E-state index in [1.54, 1.807) is 18.2 Å². The van der Waals surface area contributed by atoms with Crippen LogP contribution < -0.4 is 14.8 Å². The van der Waals surface area contributed by atoms with Crippen LogP contribution in [0.1, 0.15) is 54.3 Å². The van der Waals surface area contributed by atoms with Crippen LogP contribution in [0, 0.1) is 0 Å². The number of hydrogen-bond donors (Lipinski definition) is 2. The number of hydrogen-bond acceptors (Lipinski definition) is 7. The molecule has 2 saturated heterocycles. The van der Waals surface area contributed by atoms with Crippen LogP contribution in [0.25, 0.3) is 11.0 Å². The highest BCUT2D eigenvalue weighted by Gasteiger charge is 2.36. The summed E-state index contributed by atoms with van der Waals surface area (Å²) < 4.78 is 24.9. The summed E-state index contributed by atoms with van der Waals surface area (Å²) in [5, 5.41) is 13.2. The van der Waals surface area contributed by atoms with E-state index in [1.807, 2.05) is 28.8 Å². The Bertz CT molecular complexity index is 1370. The molecule has 0 saturated carbocycles. The van der Waals surface area contributed by atoms with Crippen molar-refractivity contribution in [2.75, 3.05) is 33.0 Å². The zero-order chi connectivity index (χ0) is 27.5. The predicted molar refractivity (Wildman–Crippen MR) is 145 cm³/mol. The number of para-hydroxylation sites is 2. The third kappa shape index (κ3) is 5.57. The number of ether oxygens (including phenoxy) is 4. The molecule has 0 radical (unpaired) electrons. The number of likely N-dealkylation sites (tertiary alicyclic amines) is 1. The van der Waals surface area contributed by atoms with Crippen molar-refractivity contribution in [3.63, 3.8) is 0 Å². The first-order valence-electron chi connectivity index (χ1n) is 14.0. The van der Waals surface area contributed by atoms with Crippen LogP contribution in [0.4, 0.5) is 4.79 Å². The third-order valence-corrected chi connectivity index (χ3v) is 7.73. The van der Waals surface area contributed by atoms with Gasteiger partial charge >= 0.3 is 6.09 Å². The number of benzene rings is 2. The van der Waals surface area contributed by atoms with Gasteiger partial charge in [0.2, 0.25) is 0 Å². The van der Waals surface area contributed by atoms with E-state index in [4.69, 9.17) is 23.9 Å². The average molecular weight is 551 g/mol. The highest BCUT2D eigenvalue weighted by Crippen LogP contribution is 2.34. The number of imidazole rings is 1. The van der Waals surface area contributed by atoms with E-state index >= 15 is 0 Å². The van der Waals surface area contributed by atoms with Gasteiger partial charge in [-0.3, -0.25) is 9.69 Å². The van der Waals surface area contributed by atoms with Crippen LogP contribution >= 0.6 is 0 Å². The van der Waals surface area contributed by atoms with Crippen LogP contribution in [-0.2, 0) is 16.0 Å². The van der Waals surface area contributed by atoms with Gasteiger partial charge in [-0.25, -0.2) is 9.78 Å². The number of carbonyl (C=O) groups is 2. The second-order valence-corrected chi connectivity index (χ2v) is 10.3. The summed E-state index contributed by atoms with van der Waals surface area (Å²) in [7, 11) is 0. The Morgan fingerprint density at radius 1 is 1.05 bits per heavy atom. The number of fused-ring (bicyclic) bond motifs is 2. The van der Waals surface area contributed by atoms with E-state index in [1.165, 1.54) is 4.90 Å². The molecule has 0 bridgehead atoms. The summed E-state index contributed by atoms with van der Waals surface area (Å²) in [5.74, 6) is 1.58. The summed E-state index contributed by atoms with van der Waals surface area (Å²) in [6, 6.07) is 12.1. The molecule has 2 fully saturated rings. The van der Waals surface area contributed by atoms with Crippen molar-refractivity contribution in [1.29, 1.82) is 0 Å². The van der Waals surface area contributed by atoms with Gasteiger partial charge in [0, 0.05) is 31.3 Å².